The predicted molar refractivity (Wildman–Crippen MR) is 122 cm³/mol. The maximum atomic E-state index is 13.0. The number of rotatable bonds is 3. The molecule has 0 radical (unpaired) electrons. The quantitative estimate of drug-likeness (QED) is 0.594. The van der Waals surface area contributed by atoms with Crippen LogP contribution in [0.15, 0.2) is 48.8 Å². The van der Waals surface area contributed by atoms with Gasteiger partial charge in [-0.3, -0.25) is 14.8 Å². The summed E-state index contributed by atoms with van der Waals surface area (Å²) in [6.07, 6.45) is 0.686. The van der Waals surface area contributed by atoms with Gasteiger partial charge in [-0.15, -0.1) is 0 Å². The molecule has 0 aliphatic carbocycles. The number of pyridine rings is 2. The van der Waals surface area contributed by atoms with E-state index in [4.69, 9.17) is 9.72 Å². The highest BCUT2D eigenvalue weighted by Gasteiger charge is 2.31. The fourth-order valence-electron chi connectivity index (χ4n) is 4.52. The van der Waals surface area contributed by atoms with Gasteiger partial charge in [-0.1, -0.05) is 6.07 Å². The van der Waals surface area contributed by atoms with E-state index in [0.29, 0.717) is 24.9 Å². The van der Waals surface area contributed by atoms with Crippen LogP contribution in [-0.2, 0) is 17.3 Å². The summed E-state index contributed by atoms with van der Waals surface area (Å²) < 4.78 is 44.7. The third kappa shape index (κ3) is 4.35. The van der Waals surface area contributed by atoms with E-state index in [1.165, 1.54) is 18.3 Å². The minimum absolute atomic E-state index is 0.0780. The summed E-state index contributed by atoms with van der Waals surface area (Å²) in [4.78, 5) is 24.1. The number of hydrogen-bond acceptors (Lipinski definition) is 5. The van der Waals surface area contributed by atoms with Gasteiger partial charge >= 0.3 is 6.18 Å². The molecule has 0 bridgehead atoms. The summed E-state index contributed by atoms with van der Waals surface area (Å²) in [6, 6.07) is 8.55. The second kappa shape index (κ2) is 8.72. The number of carbonyl (C=O) groups is 1. The Labute approximate surface area is 194 Å². The zero-order valence-corrected chi connectivity index (χ0v) is 18.5. The average Bonchev–Trinajstić information content (AvgIpc) is 2.84. The lowest BCUT2D eigenvalue weighted by Crippen LogP contribution is -2.48. The highest BCUT2D eigenvalue weighted by Crippen LogP contribution is 2.35. The number of carbonyl (C=O) groups excluding carboxylic acids is 1. The molecule has 1 saturated heterocycles. The molecule has 1 amide bonds. The Bertz CT molecular complexity index is 1250. The van der Waals surface area contributed by atoms with Gasteiger partial charge in [0.15, 0.2) is 0 Å². The third-order valence-electron chi connectivity index (χ3n) is 6.31. The van der Waals surface area contributed by atoms with Crippen LogP contribution in [0.2, 0.25) is 0 Å². The Morgan fingerprint density at radius 2 is 2.03 bits per heavy atom. The first kappa shape index (κ1) is 22.3. The van der Waals surface area contributed by atoms with E-state index in [2.05, 4.69) is 21.3 Å². The van der Waals surface area contributed by atoms with Crippen molar-refractivity contribution in [3.05, 3.63) is 71.3 Å². The van der Waals surface area contributed by atoms with Crippen LogP contribution in [0.25, 0.3) is 11.1 Å². The normalized spacial score (nSPS) is 17.6. The fourth-order valence-corrected chi connectivity index (χ4v) is 4.52. The first-order valence-electron chi connectivity index (χ1n) is 11.1. The fraction of sp³-hybridized carbons (Fsp3) is 0.320. The van der Waals surface area contributed by atoms with Crippen molar-refractivity contribution < 1.29 is 22.7 Å². The number of aromatic nitrogens is 2. The molecule has 2 aromatic heterocycles. The number of hydrogen-bond donors (Lipinski definition) is 1. The maximum Gasteiger partial charge on any atom is 0.416 e. The lowest BCUT2D eigenvalue weighted by Gasteiger charge is -2.41. The molecule has 1 N–H and O–H groups in total. The molecule has 1 fully saturated rings. The first-order valence-corrected chi connectivity index (χ1v) is 11.1. The maximum absolute atomic E-state index is 13.0. The molecule has 176 valence electrons. The minimum Gasteiger partial charge on any atom is -0.377 e. The van der Waals surface area contributed by atoms with Crippen molar-refractivity contribution in [3.8, 4) is 11.1 Å². The SMILES string of the molecule is Cc1ncc(NC(=O)c2cccc(C(F)(F)F)c2)cc1-c1cnc2c(c1)N1CCOC[C@H]1CC2. The molecule has 0 spiro atoms. The van der Waals surface area contributed by atoms with Crippen LogP contribution in [-0.4, -0.2) is 41.7 Å². The van der Waals surface area contributed by atoms with Crippen LogP contribution in [0, 0.1) is 6.92 Å². The number of nitrogens with one attached hydrogen (secondary N) is 1. The van der Waals surface area contributed by atoms with Crippen LogP contribution < -0.4 is 10.2 Å². The Hall–Kier alpha value is -3.46. The van der Waals surface area contributed by atoms with Crippen molar-refractivity contribution in [3.63, 3.8) is 0 Å². The minimum atomic E-state index is -4.52. The molecule has 1 atom stereocenters. The molecular weight excluding hydrogens is 445 g/mol. The van der Waals surface area contributed by atoms with Gasteiger partial charge in [-0.25, -0.2) is 0 Å². The topological polar surface area (TPSA) is 67.4 Å². The monoisotopic (exact) mass is 468 g/mol. The number of benzene rings is 1. The Kier molecular flexibility index (Phi) is 5.73. The highest BCUT2D eigenvalue weighted by molar-refractivity contribution is 6.04. The summed E-state index contributed by atoms with van der Waals surface area (Å²) in [5.74, 6) is -0.637. The van der Waals surface area contributed by atoms with Gasteiger partial charge in [0.05, 0.1) is 48.1 Å². The molecule has 34 heavy (non-hydrogen) atoms. The number of morpholine rings is 1. The number of aryl methyl sites for hydroxylation is 2. The molecular formula is C25H23F3N4O2. The van der Waals surface area contributed by atoms with Crippen molar-refractivity contribution in [2.75, 3.05) is 30.0 Å². The van der Waals surface area contributed by atoms with Crippen molar-refractivity contribution in [2.45, 2.75) is 32.0 Å². The van der Waals surface area contributed by atoms with Crippen molar-refractivity contribution >= 4 is 17.3 Å². The van der Waals surface area contributed by atoms with Crippen LogP contribution in [0.4, 0.5) is 24.5 Å². The van der Waals surface area contributed by atoms with E-state index < -0.39 is 17.6 Å². The van der Waals surface area contributed by atoms with E-state index >= 15 is 0 Å². The number of alkyl halides is 3. The van der Waals surface area contributed by atoms with Gasteiger partial charge in [-0.2, -0.15) is 13.2 Å². The number of fused-ring (bicyclic) bond motifs is 3. The Morgan fingerprint density at radius 3 is 2.85 bits per heavy atom. The van der Waals surface area contributed by atoms with Crippen molar-refractivity contribution in [1.29, 1.82) is 0 Å². The molecule has 9 heteroatoms. The number of halogens is 3. The molecule has 4 heterocycles. The lowest BCUT2D eigenvalue weighted by molar-refractivity contribution is -0.137. The average molecular weight is 468 g/mol. The summed E-state index contributed by atoms with van der Waals surface area (Å²) in [7, 11) is 0. The molecule has 5 rings (SSSR count). The predicted octanol–water partition coefficient (Wildman–Crippen LogP) is 4.87. The van der Waals surface area contributed by atoms with Gasteiger partial charge in [-0.05, 0) is 50.1 Å². The van der Waals surface area contributed by atoms with Crippen molar-refractivity contribution in [2.24, 2.45) is 0 Å². The second-order valence-corrected chi connectivity index (χ2v) is 8.54. The van der Waals surface area contributed by atoms with Gasteiger partial charge in [0.25, 0.3) is 5.91 Å². The molecule has 2 aliphatic heterocycles. The Balaban J connectivity index is 1.42. The first-order chi connectivity index (χ1) is 16.3. The molecule has 0 saturated carbocycles. The van der Waals surface area contributed by atoms with E-state index in [0.717, 1.165) is 59.7 Å². The summed E-state index contributed by atoms with van der Waals surface area (Å²) in [5.41, 5.74) is 4.02. The lowest BCUT2D eigenvalue weighted by atomic mass is 9.96. The summed E-state index contributed by atoms with van der Waals surface area (Å²) >= 11 is 0. The van der Waals surface area contributed by atoms with Gasteiger partial charge in [0.1, 0.15) is 0 Å². The van der Waals surface area contributed by atoms with E-state index in [1.807, 2.05) is 13.1 Å². The second-order valence-electron chi connectivity index (χ2n) is 8.54. The van der Waals surface area contributed by atoms with Crippen LogP contribution in [0.5, 0.6) is 0 Å². The summed E-state index contributed by atoms with van der Waals surface area (Å²) in [6.45, 7) is 4.07. The van der Waals surface area contributed by atoms with Gasteiger partial charge < -0.3 is 15.0 Å². The largest absolute Gasteiger partial charge is 0.416 e. The van der Waals surface area contributed by atoms with E-state index in [1.54, 1.807) is 6.07 Å². The zero-order valence-electron chi connectivity index (χ0n) is 18.5. The Morgan fingerprint density at radius 1 is 1.18 bits per heavy atom. The molecule has 0 unspecified atom stereocenters. The number of nitrogens with zero attached hydrogens (tertiary/aromatic N) is 3. The smallest absolute Gasteiger partial charge is 0.377 e. The number of amides is 1. The van der Waals surface area contributed by atoms with E-state index in [-0.39, 0.29) is 5.56 Å². The molecule has 6 nitrogen and oxygen atoms in total. The third-order valence-corrected chi connectivity index (χ3v) is 6.31. The van der Waals surface area contributed by atoms with Crippen molar-refractivity contribution in [1.82, 2.24) is 9.97 Å². The van der Waals surface area contributed by atoms with Crippen LogP contribution >= 0.6 is 0 Å². The van der Waals surface area contributed by atoms with Crippen LogP contribution in [0.3, 0.4) is 0 Å². The van der Waals surface area contributed by atoms with Gasteiger partial charge in [0, 0.05) is 35.1 Å². The highest BCUT2D eigenvalue weighted by atomic mass is 19.4. The van der Waals surface area contributed by atoms with Crippen LogP contribution in [0.1, 0.15) is 33.7 Å². The standard InChI is InChI=1S/C25H23F3N4O2/c1-15-21(17-10-23-22(30-12-17)6-5-20-14-34-8-7-32(20)23)11-19(13-29-15)31-24(33)16-3-2-4-18(9-16)25(26,27)28/h2-4,9-13,20H,5-8,14H2,1H3,(H,31,33)/t20-/m1/s1. The number of ether oxygens (including phenoxy) is 1. The summed E-state index contributed by atoms with van der Waals surface area (Å²) in [5, 5.41) is 2.67. The van der Waals surface area contributed by atoms with Gasteiger partial charge in [0.2, 0.25) is 0 Å². The zero-order chi connectivity index (χ0) is 23.9. The number of anilines is 2. The molecule has 1 aromatic carbocycles. The molecule has 3 aromatic rings. The van der Waals surface area contributed by atoms with E-state index in [9.17, 15) is 18.0 Å². The molecule has 2 aliphatic rings.